The third-order valence-corrected chi connectivity index (χ3v) is 3.25. The van der Waals surface area contributed by atoms with Crippen molar-refractivity contribution in [3.05, 3.63) is 48.2 Å². The molecule has 0 aliphatic carbocycles. The van der Waals surface area contributed by atoms with Gasteiger partial charge in [0.2, 0.25) is 5.82 Å². The Morgan fingerprint density at radius 1 is 1.14 bits per heavy atom. The Kier molecular flexibility index (Phi) is 3.64. The van der Waals surface area contributed by atoms with E-state index in [1.807, 2.05) is 36.4 Å². The van der Waals surface area contributed by atoms with Gasteiger partial charge < -0.3 is 9.26 Å². The molecule has 0 fully saturated rings. The lowest BCUT2D eigenvalue weighted by atomic mass is 10.1. The highest BCUT2D eigenvalue weighted by Crippen LogP contribution is 2.24. The summed E-state index contributed by atoms with van der Waals surface area (Å²) in [6.45, 7) is 2.07. The van der Waals surface area contributed by atoms with Crippen LogP contribution in [0, 0.1) is 0 Å². The van der Waals surface area contributed by atoms with Crippen LogP contribution in [0.3, 0.4) is 0 Å². The number of hydrogen-bond acceptors (Lipinski definition) is 5. The van der Waals surface area contributed by atoms with Crippen LogP contribution in [0.5, 0.6) is 5.75 Å². The van der Waals surface area contributed by atoms with Gasteiger partial charge in [-0.2, -0.15) is 4.98 Å². The Balaban J connectivity index is 1.95. The first-order valence-corrected chi connectivity index (χ1v) is 6.74. The molecule has 21 heavy (non-hydrogen) atoms. The molecule has 0 saturated carbocycles. The Hall–Kier alpha value is -2.69. The van der Waals surface area contributed by atoms with Crippen molar-refractivity contribution in [3.63, 3.8) is 0 Å². The number of nitrogens with zero attached hydrogens (tertiary/aromatic N) is 3. The van der Waals surface area contributed by atoms with Gasteiger partial charge in [0, 0.05) is 11.8 Å². The lowest BCUT2D eigenvalue weighted by Gasteiger charge is -2.00. The normalized spacial score (nSPS) is 10.6. The number of aryl methyl sites for hydroxylation is 1. The molecule has 3 aromatic rings. The molecule has 1 aromatic carbocycles. The zero-order valence-electron chi connectivity index (χ0n) is 11.9. The molecule has 0 aliphatic rings. The molecule has 0 amide bonds. The molecule has 0 saturated heterocycles. The van der Waals surface area contributed by atoms with Crippen molar-refractivity contribution in [1.29, 1.82) is 0 Å². The average Bonchev–Trinajstić information content (AvgIpc) is 3.04. The van der Waals surface area contributed by atoms with Crippen molar-refractivity contribution < 1.29 is 9.26 Å². The van der Waals surface area contributed by atoms with Crippen LogP contribution in [-0.4, -0.2) is 22.2 Å². The van der Waals surface area contributed by atoms with Gasteiger partial charge in [-0.25, -0.2) is 0 Å². The first-order valence-electron chi connectivity index (χ1n) is 6.74. The van der Waals surface area contributed by atoms with E-state index in [2.05, 4.69) is 22.0 Å². The summed E-state index contributed by atoms with van der Waals surface area (Å²) in [5.74, 6) is 1.77. The number of pyridine rings is 1. The number of aromatic nitrogens is 3. The largest absolute Gasteiger partial charge is 0.497 e. The van der Waals surface area contributed by atoms with Crippen LogP contribution in [-0.2, 0) is 6.42 Å². The Bertz CT molecular complexity index is 735. The molecule has 5 nitrogen and oxygen atoms in total. The Morgan fingerprint density at radius 2 is 1.95 bits per heavy atom. The molecule has 0 aliphatic heterocycles. The molecule has 0 atom stereocenters. The fourth-order valence-electron chi connectivity index (χ4n) is 2.10. The molecule has 2 heterocycles. The maximum Gasteiger partial charge on any atom is 0.258 e. The molecule has 0 N–H and O–H groups in total. The number of methoxy groups -OCH3 is 1. The summed E-state index contributed by atoms with van der Waals surface area (Å²) in [4.78, 5) is 8.78. The Morgan fingerprint density at radius 3 is 2.67 bits per heavy atom. The fraction of sp³-hybridized carbons (Fsp3) is 0.188. The Labute approximate surface area is 122 Å². The average molecular weight is 281 g/mol. The van der Waals surface area contributed by atoms with Crippen LogP contribution < -0.4 is 4.74 Å². The maximum absolute atomic E-state index is 5.34. The lowest BCUT2D eigenvalue weighted by molar-refractivity contribution is 0.414. The van der Waals surface area contributed by atoms with Crippen LogP contribution >= 0.6 is 0 Å². The SMILES string of the molecule is CCc1cccnc1-c1noc(-c2ccc(OC)cc2)n1. The minimum atomic E-state index is 0.473. The van der Waals surface area contributed by atoms with Gasteiger partial charge in [0.15, 0.2) is 0 Å². The fourth-order valence-corrected chi connectivity index (χ4v) is 2.10. The molecule has 2 aromatic heterocycles. The van der Waals surface area contributed by atoms with E-state index in [4.69, 9.17) is 9.26 Å². The van der Waals surface area contributed by atoms with Crippen molar-refractivity contribution in [2.75, 3.05) is 7.11 Å². The van der Waals surface area contributed by atoms with E-state index in [0.717, 1.165) is 29.0 Å². The van der Waals surface area contributed by atoms with Crippen molar-refractivity contribution in [1.82, 2.24) is 15.1 Å². The van der Waals surface area contributed by atoms with E-state index in [1.165, 1.54) is 0 Å². The molecular weight excluding hydrogens is 266 g/mol. The third kappa shape index (κ3) is 2.63. The summed E-state index contributed by atoms with van der Waals surface area (Å²) in [5, 5.41) is 4.03. The van der Waals surface area contributed by atoms with Gasteiger partial charge in [-0.05, 0) is 42.3 Å². The minimum Gasteiger partial charge on any atom is -0.497 e. The zero-order chi connectivity index (χ0) is 14.7. The molecule has 0 radical (unpaired) electrons. The molecule has 0 bridgehead atoms. The molecule has 0 unspecified atom stereocenters. The highest BCUT2D eigenvalue weighted by Gasteiger charge is 2.14. The van der Waals surface area contributed by atoms with E-state index in [0.29, 0.717) is 11.7 Å². The molecule has 3 rings (SSSR count). The van der Waals surface area contributed by atoms with Gasteiger partial charge in [-0.1, -0.05) is 18.1 Å². The van der Waals surface area contributed by atoms with E-state index in [1.54, 1.807) is 13.3 Å². The third-order valence-electron chi connectivity index (χ3n) is 3.25. The van der Waals surface area contributed by atoms with Crippen LogP contribution in [0.4, 0.5) is 0 Å². The van der Waals surface area contributed by atoms with Gasteiger partial charge in [0.25, 0.3) is 5.89 Å². The van der Waals surface area contributed by atoms with Crippen molar-refractivity contribution in [2.45, 2.75) is 13.3 Å². The van der Waals surface area contributed by atoms with Crippen molar-refractivity contribution in [2.24, 2.45) is 0 Å². The molecule has 106 valence electrons. The second-order valence-corrected chi connectivity index (χ2v) is 4.52. The topological polar surface area (TPSA) is 61.0 Å². The lowest BCUT2D eigenvalue weighted by Crippen LogP contribution is -1.92. The van der Waals surface area contributed by atoms with Gasteiger partial charge in [0.1, 0.15) is 11.4 Å². The van der Waals surface area contributed by atoms with Crippen LogP contribution in [0.2, 0.25) is 0 Å². The van der Waals surface area contributed by atoms with E-state index < -0.39 is 0 Å². The number of ether oxygens (including phenoxy) is 1. The monoisotopic (exact) mass is 281 g/mol. The molecule has 5 heteroatoms. The molecule has 0 spiro atoms. The predicted molar refractivity (Wildman–Crippen MR) is 78.9 cm³/mol. The van der Waals surface area contributed by atoms with Gasteiger partial charge in [-0.3, -0.25) is 4.98 Å². The van der Waals surface area contributed by atoms with Gasteiger partial charge in [0.05, 0.1) is 7.11 Å². The highest BCUT2D eigenvalue weighted by molar-refractivity contribution is 5.60. The first-order chi connectivity index (χ1) is 10.3. The van der Waals surface area contributed by atoms with Crippen molar-refractivity contribution in [3.8, 4) is 28.7 Å². The standard InChI is InChI=1S/C16H15N3O2/c1-3-11-5-4-10-17-14(11)15-18-16(21-19-15)12-6-8-13(20-2)9-7-12/h4-10H,3H2,1-2H3. The minimum absolute atomic E-state index is 0.473. The summed E-state index contributed by atoms with van der Waals surface area (Å²) >= 11 is 0. The van der Waals surface area contributed by atoms with E-state index >= 15 is 0 Å². The summed E-state index contributed by atoms with van der Waals surface area (Å²) in [6.07, 6.45) is 2.60. The quantitative estimate of drug-likeness (QED) is 0.733. The van der Waals surface area contributed by atoms with Crippen LogP contribution in [0.25, 0.3) is 23.0 Å². The number of hydrogen-bond donors (Lipinski definition) is 0. The van der Waals surface area contributed by atoms with Gasteiger partial charge >= 0.3 is 0 Å². The zero-order valence-corrected chi connectivity index (χ0v) is 11.9. The van der Waals surface area contributed by atoms with E-state index in [9.17, 15) is 0 Å². The predicted octanol–water partition coefficient (Wildman–Crippen LogP) is 3.37. The highest BCUT2D eigenvalue weighted by atomic mass is 16.5. The summed E-state index contributed by atoms with van der Waals surface area (Å²) in [5.41, 5.74) is 2.71. The summed E-state index contributed by atoms with van der Waals surface area (Å²) in [7, 11) is 1.63. The second kappa shape index (κ2) is 5.75. The van der Waals surface area contributed by atoms with Crippen LogP contribution in [0.1, 0.15) is 12.5 Å². The number of rotatable bonds is 4. The second-order valence-electron chi connectivity index (χ2n) is 4.52. The maximum atomic E-state index is 5.34. The summed E-state index contributed by atoms with van der Waals surface area (Å²) < 4.78 is 10.5. The first kappa shape index (κ1) is 13.3. The van der Waals surface area contributed by atoms with Gasteiger partial charge in [-0.15, -0.1) is 0 Å². The van der Waals surface area contributed by atoms with Crippen LogP contribution in [0.15, 0.2) is 47.1 Å². The number of benzene rings is 1. The molecular formula is C16H15N3O2. The smallest absolute Gasteiger partial charge is 0.258 e. The summed E-state index contributed by atoms with van der Waals surface area (Å²) in [6, 6.07) is 11.4. The van der Waals surface area contributed by atoms with Crippen molar-refractivity contribution >= 4 is 0 Å². The van der Waals surface area contributed by atoms with E-state index in [-0.39, 0.29) is 0 Å².